The normalized spacial score (nSPS) is 28.8. The molecule has 2 fully saturated rings. The van der Waals surface area contributed by atoms with Crippen LogP contribution in [0.25, 0.3) is 0 Å². The summed E-state index contributed by atoms with van der Waals surface area (Å²) in [5, 5.41) is 0. The van der Waals surface area contributed by atoms with Gasteiger partial charge in [0.15, 0.2) is 0 Å². The number of amides is 1. The molecular formula is C14H23NO3. The summed E-state index contributed by atoms with van der Waals surface area (Å²) in [6.07, 6.45) is 3.89. The van der Waals surface area contributed by atoms with Crippen LogP contribution in [0, 0.1) is 5.92 Å². The van der Waals surface area contributed by atoms with E-state index in [-0.39, 0.29) is 12.1 Å². The Labute approximate surface area is 109 Å². The molecule has 1 amide bonds. The average molecular weight is 253 g/mol. The standard InChI is InChI=1S/C14H23NO3/c1-14(2,3)18-13(17)15-8-4-5-10-9-11(16)6-7-12(10)15/h10,12H,4-9H2,1-3H3/t10-,12+/m0/s1. The van der Waals surface area contributed by atoms with E-state index < -0.39 is 5.60 Å². The number of Topliss-reactive ketones (excluding diaryl/α,β-unsaturated/α-hetero) is 1. The molecule has 0 bridgehead atoms. The Kier molecular flexibility index (Phi) is 3.64. The molecule has 0 aromatic rings. The summed E-state index contributed by atoms with van der Waals surface area (Å²) in [7, 11) is 0. The summed E-state index contributed by atoms with van der Waals surface area (Å²) >= 11 is 0. The lowest BCUT2D eigenvalue weighted by atomic mass is 9.78. The topological polar surface area (TPSA) is 46.6 Å². The largest absolute Gasteiger partial charge is 0.444 e. The Morgan fingerprint density at radius 3 is 2.72 bits per heavy atom. The smallest absolute Gasteiger partial charge is 0.410 e. The van der Waals surface area contributed by atoms with Gasteiger partial charge in [-0.1, -0.05) is 0 Å². The molecule has 0 unspecified atom stereocenters. The van der Waals surface area contributed by atoms with Crippen molar-refractivity contribution in [3.05, 3.63) is 0 Å². The molecule has 0 aromatic carbocycles. The molecule has 1 saturated carbocycles. The Morgan fingerprint density at radius 1 is 1.33 bits per heavy atom. The van der Waals surface area contributed by atoms with E-state index in [2.05, 4.69) is 0 Å². The highest BCUT2D eigenvalue weighted by Crippen LogP contribution is 2.34. The van der Waals surface area contributed by atoms with E-state index in [0.29, 0.717) is 24.5 Å². The van der Waals surface area contributed by atoms with Crippen molar-refractivity contribution in [1.29, 1.82) is 0 Å². The van der Waals surface area contributed by atoms with Crippen molar-refractivity contribution in [2.24, 2.45) is 5.92 Å². The molecule has 0 radical (unpaired) electrons. The monoisotopic (exact) mass is 253 g/mol. The lowest BCUT2D eigenvalue weighted by Gasteiger charge is -2.43. The number of fused-ring (bicyclic) bond motifs is 1. The number of hydrogen-bond acceptors (Lipinski definition) is 3. The van der Waals surface area contributed by atoms with Crippen LogP contribution < -0.4 is 0 Å². The van der Waals surface area contributed by atoms with Gasteiger partial charge in [-0.15, -0.1) is 0 Å². The number of carbonyl (C=O) groups excluding carboxylic acids is 2. The number of ketones is 1. The van der Waals surface area contributed by atoms with Crippen LogP contribution in [0.4, 0.5) is 4.79 Å². The third kappa shape index (κ3) is 3.03. The van der Waals surface area contributed by atoms with E-state index in [1.807, 2.05) is 25.7 Å². The molecule has 2 aliphatic rings. The predicted octanol–water partition coefficient (Wildman–Crippen LogP) is 2.76. The number of piperidine rings is 1. The third-order valence-corrected chi connectivity index (χ3v) is 3.76. The quantitative estimate of drug-likeness (QED) is 0.667. The number of hydrogen-bond donors (Lipinski definition) is 0. The van der Waals surface area contributed by atoms with Crippen molar-refractivity contribution in [3.63, 3.8) is 0 Å². The van der Waals surface area contributed by atoms with Crippen LogP contribution in [-0.2, 0) is 9.53 Å². The Morgan fingerprint density at radius 2 is 2.06 bits per heavy atom. The second-order valence-electron chi connectivity index (χ2n) is 6.42. The van der Waals surface area contributed by atoms with E-state index >= 15 is 0 Å². The van der Waals surface area contributed by atoms with Gasteiger partial charge < -0.3 is 9.64 Å². The van der Waals surface area contributed by atoms with E-state index in [1.54, 1.807) is 0 Å². The second kappa shape index (κ2) is 4.90. The molecule has 2 atom stereocenters. The minimum Gasteiger partial charge on any atom is -0.444 e. The molecule has 1 saturated heterocycles. The molecule has 0 spiro atoms. The predicted molar refractivity (Wildman–Crippen MR) is 68.3 cm³/mol. The van der Waals surface area contributed by atoms with E-state index in [9.17, 15) is 9.59 Å². The zero-order valence-electron chi connectivity index (χ0n) is 11.6. The van der Waals surface area contributed by atoms with Crippen molar-refractivity contribution in [2.75, 3.05) is 6.54 Å². The van der Waals surface area contributed by atoms with Gasteiger partial charge in [0.2, 0.25) is 0 Å². The summed E-state index contributed by atoms with van der Waals surface area (Å²) in [4.78, 5) is 25.5. The summed E-state index contributed by atoms with van der Waals surface area (Å²) in [5.74, 6) is 0.704. The van der Waals surface area contributed by atoms with Crippen molar-refractivity contribution in [1.82, 2.24) is 4.90 Å². The second-order valence-corrected chi connectivity index (χ2v) is 6.42. The van der Waals surface area contributed by atoms with E-state index in [4.69, 9.17) is 4.74 Å². The molecule has 0 aromatic heterocycles. The van der Waals surface area contributed by atoms with Crippen LogP contribution in [0.15, 0.2) is 0 Å². The summed E-state index contributed by atoms with van der Waals surface area (Å²) in [6, 6.07) is 0.214. The first-order valence-corrected chi connectivity index (χ1v) is 6.88. The number of ether oxygens (including phenoxy) is 1. The lowest BCUT2D eigenvalue weighted by Crippen LogP contribution is -2.52. The number of rotatable bonds is 0. The highest BCUT2D eigenvalue weighted by Gasteiger charge is 2.39. The number of likely N-dealkylation sites (tertiary alicyclic amines) is 1. The molecule has 1 aliphatic carbocycles. The SMILES string of the molecule is CC(C)(C)OC(=O)N1CCC[C@H]2CC(=O)CC[C@H]21. The molecule has 1 aliphatic heterocycles. The van der Waals surface area contributed by atoms with Crippen molar-refractivity contribution >= 4 is 11.9 Å². The summed E-state index contributed by atoms with van der Waals surface area (Å²) in [6.45, 7) is 6.43. The van der Waals surface area contributed by atoms with Crippen LogP contribution in [-0.4, -0.2) is 35.0 Å². The van der Waals surface area contributed by atoms with Crippen LogP contribution in [0.2, 0.25) is 0 Å². The molecule has 0 N–H and O–H groups in total. The first-order chi connectivity index (χ1) is 8.37. The Hall–Kier alpha value is -1.06. The lowest BCUT2D eigenvalue weighted by molar-refractivity contribution is -0.124. The van der Waals surface area contributed by atoms with Crippen molar-refractivity contribution < 1.29 is 14.3 Å². The van der Waals surface area contributed by atoms with Crippen LogP contribution >= 0.6 is 0 Å². The van der Waals surface area contributed by atoms with Gasteiger partial charge in [-0.25, -0.2) is 4.79 Å². The van der Waals surface area contributed by atoms with Crippen molar-refractivity contribution in [2.45, 2.75) is 64.5 Å². The van der Waals surface area contributed by atoms with Gasteiger partial charge in [0, 0.05) is 25.4 Å². The van der Waals surface area contributed by atoms with Gasteiger partial charge in [-0.05, 0) is 46.0 Å². The minimum atomic E-state index is -0.450. The fourth-order valence-electron chi connectivity index (χ4n) is 3.02. The summed E-state index contributed by atoms with van der Waals surface area (Å²) in [5.41, 5.74) is -0.450. The number of carbonyl (C=O) groups is 2. The first kappa shape index (κ1) is 13.4. The third-order valence-electron chi connectivity index (χ3n) is 3.76. The molecule has 102 valence electrons. The molecule has 4 nitrogen and oxygen atoms in total. The van der Waals surface area contributed by atoms with E-state index in [0.717, 1.165) is 25.8 Å². The average Bonchev–Trinajstić information content (AvgIpc) is 2.25. The maximum absolute atomic E-state index is 12.2. The molecule has 1 heterocycles. The molecular weight excluding hydrogens is 230 g/mol. The fraction of sp³-hybridized carbons (Fsp3) is 0.857. The van der Waals surface area contributed by atoms with Gasteiger partial charge in [0.05, 0.1) is 0 Å². The van der Waals surface area contributed by atoms with E-state index in [1.165, 1.54) is 0 Å². The highest BCUT2D eigenvalue weighted by molar-refractivity contribution is 5.80. The zero-order valence-corrected chi connectivity index (χ0v) is 11.6. The molecule has 2 rings (SSSR count). The summed E-state index contributed by atoms with van der Waals surface area (Å²) < 4.78 is 5.46. The first-order valence-electron chi connectivity index (χ1n) is 6.88. The maximum Gasteiger partial charge on any atom is 0.410 e. The van der Waals surface area contributed by atoms with Crippen LogP contribution in [0.3, 0.4) is 0 Å². The van der Waals surface area contributed by atoms with Gasteiger partial charge >= 0.3 is 6.09 Å². The Bertz CT molecular complexity index is 345. The zero-order chi connectivity index (χ0) is 13.3. The van der Waals surface area contributed by atoms with Crippen molar-refractivity contribution in [3.8, 4) is 0 Å². The van der Waals surface area contributed by atoms with Gasteiger partial charge in [0.25, 0.3) is 0 Å². The molecule has 18 heavy (non-hydrogen) atoms. The van der Waals surface area contributed by atoms with Gasteiger partial charge in [-0.2, -0.15) is 0 Å². The Balaban J connectivity index is 2.03. The molecule has 4 heteroatoms. The van der Waals surface area contributed by atoms with Crippen LogP contribution in [0.1, 0.15) is 52.9 Å². The van der Waals surface area contributed by atoms with Gasteiger partial charge in [-0.3, -0.25) is 4.79 Å². The van der Waals surface area contributed by atoms with Gasteiger partial charge in [0.1, 0.15) is 11.4 Å². The highest BCUT2D eigenvalue weighted by atomic mass is 16.6. The maximum atomic E-state index is 12.2. The van der Waals surface area contributed by atoms with Crippen LogP contribution in [0.5, 0.6) is 0 Å². The minimum absolute atomic E-state index is 0.214. The number of nitrogens with zero attached hydrogens (tertiary/aromatic N) is 1. The fourth-order valence-corrected chi connectivity index (χ4v) is 3.02.